The maximum absolute atomic E-state index is 12.5. The van der Waals surface area contributed by atoms with E-state index >= 15 is 0 Å². The fourth-order valence-electron chi connectivity index (χ4n) is 1.86. The summed E-state index contributed by atoms with van der Waals surface area (Å²) in [5.74, 6) is 0.774. The molecule has 1 aromatic heterocycles. The molecule has 0 radical (unpaired) electrons. The topological polar surface area (TPSA) is 22.1 Å². The second-order valence-electron chi connectivity index (χ2n) is 4.75. The van der Waals surface area contributed by atoms with Crippen LogP contribution in [-0.4, -0.2) is 11.6 Å². The monoisotopic (exact) mass is 293 g/mol. The van der Waals surface area contributed by atoms with Gasteiger partial charge >= 0.3 is 0 Å². The molecule has 108 valence electrons. The van der Waals surface area contributed by atoms with E-state index in [1.807, 2.05) is 25.1 Å². The second-order valence-corrected chi connectivity index (χ2v) is 5.87. The summed E-state index contributed by atoms with van der Waals surface area (Å²) < 4.78 is 19.2. The minimum absolute atomic E-state index is 0.306. The van der Waals surface area contributed by atoms with Gasteiger partial charge in [0.2, 0.25) is 0 Å². The van der Waals surface area contributed by atoms with Gasteiger partial charge < -0.3 is 4.74 Å². The molecule has 0 unspecified atom stereocenters. The van der Waals surface area contributed by atoms with Crippen molar-refractivity contribution in [3.05, 3.63) is 35.1 Å². The molecule has 4 heteroatoms. The Hall–Kier alpha value is -1.42. The molecular formula is C16H20FNOS. The molecule has 0 N–H and O–H groups in total. The van der Waals surface area contributed by atoms with Crippen LogP contribution >= 0.6 is 11.3 Å². The van der Waals surface area contributed by atoms with Crippen LogP contribution in [0.2, 0.25) is 0 Å². The number of halogens is 1. The fraction of sp³-hybridized carbons (Fsp3) is 0.438. The molecule has 0 spiro atoms. The highest BCUT2D eigenvalue weighted by atomic mass is 32.1. The van der Waals surface area contributed by atoms with Crippen molar-refractivity contribution in [1.82, 2.24) is 4.98 Å². The fourth-order valence-corrected chi connectivity index (χ4v) is 2.90. The first-order chi connectivity index (χ1) is 9.76. The summed E-state index contributed by atoms with van der Waals surface area (Å²) in [6, 6.07) is 5.87. The number of benzene rings is 1. The number of thiazole rings is 1. The van der Waals surface area contributed by atoms with Gasteiger partial charge in [0.15, 0.2) is 0 Å². The van der Waals surface area contributed by atoms with E-state index in [1.54, 1.807) is 11.3 Å². The Kier molecular flexibility index (Phi) is 5.53. The van der Waals surface area contributed by atoms with Gasteiger partial charge in [0.1, 0.15) is 12.4 Å². The third-order valence-corrected chi connectivity index (χ3v) is 4.26. The number of nitrogens with zero attached hydrogens (tertiary/aromatic N) is 1. The van der Waals surface area contributed by atoms with Crippen molar-refractivity contribution in [3.63, 3.8) is 0 Å². The molecule has 2 aromatic rings. The zero-order valence-corrected chi connectivity index (χ0v) is 12.8. The van der Waals surface area contributed by atoms with E-state index in [0.717, 1.165) is 22.4 Å². The lowest BCUT2D eigenvalue weighted by atomic mass is 10.2. The van der Waals surface area contributed by atoms with Crippen LogP contribution in [0, 0.1) is 0 Å². The third-order valence-electron chi connectivity index (χ3n) is 3.18. The van der Waals surface area contributed by atoms with Crippen molar-refractivity contribution in [1.29, 1.82) is 0 Å². The van der Waals surface area contributed by atoms with Gasteiger partial charge in [-0.15, -0.1) is 11.3 Å². The molecule has 0 saturated carbocycles. The lowest BCUT2D eigenvalue weighted by molar-refractivity contribution is 0.346. The second kappa shape index (κ2) is 7.39. The van der Waals surface area contributed by atoms with E-state index < -0.39 is 0 Å². The zero-order chi connectivity index (χ0) is 14.4. The van der Waals surface area contributed by atoms with Gasteiger partial charge in [-0.2, -0.15) is 0 Å². The molecule has 20 heavy (non-hydrogen) atoms. The highest BCUT2D eigenvalue weighted by Gasteiger charge is 2.05. The van der Waals surface area contributed by atoms with Crippen molar-refractivity contribution in [2.24, 2.45) is 0 Å². The molecule has 0 aliphatic heterocycles. The number of fused-ring (bicyclic) bond motifs is 1. The smallest absolute Gasteiger partial charge is 0.121 e. The van der Waals surface area contributed by atoms with Crippen LogP contribution in [0.25, 0.3) is 10.2 Å². The van der Waals surface area contributed by atoms with E-state index in [2.05, 4.69) is 11.9 Å². The minimum atomic E-state index is 0.306. The Morgan fingerprint density at radius 2 is 2.25 bits per heavy atom. The number of aromatic nitrogens is 1. The predicted molar refractivity (Wildman–Crippen MR) is 83.2 cm³/mol. The van der Waals surface area contributed by atoms with Crippen LogP contribution in [0.4, 0.5) is 4.39 Å². The molecule has 0 aliphatic rings. The number of unbranched alkanes of at least 4 members (excludes halogenated alkanes) is 1. The van der Waals surface area contributed by atoms with Gasteiger partial charge in [-0.1, -0.05) is 20.3 Å². The summed E-state index contributed by atoms with van der Waals surface area (Å²) in [6.45, 7) is 4.41. The lowest BCUT2D eigenvalue weighted by Gasteiger charge is -2.06. The highest BCUT2D eigenvalue weighted by Crippen LogP contribution is 2.27. The molecule has 1 heterocycles. The molecule has 2 rings (SSSR count). The van der Waals surface area contributed by atoms with Gasteiger partial charge in [0.25, 0.3) is 0 Å². The Morgan fingerprint density at radius 3 is 2.95 bits per heavy atom. The minimum Gasteiger partial charge on any atom is -0.489 e. The number of rotatable bonds is 7. The molecule has 0 bridgehead atoms. The number of aryl methyl sites for hydroxylation is 1. The van der Waals surface area contributed by atoms with Crippen LogP contribution in [-0.2, 0) is 6.42 Å². The standard InChI is InChI=1S/C16H20FNOS/c1-3-5-6-16-18-14-8-7-13(9-15(14)20-16)19-11-12(4-2)10-17/h7-10H,3-6,11H2,1-2H3/b12-10+. The van der Waals surface area contributed by atoms with Gasteiger partial charge in [-0.3, -0.25) is 0 Å². The molecule has 0 fully saturated rings. The molecule has 0 atom stereocenters. The lowest BCUT2D eigenvalue weighted by Crippen LogP contribution is -1.99. The molecule has 1 aromatic carbocycles. The largest absolute Gasteiger partial charge is 0.489 e. The SMILES string of the molecule is CCCCc1nc2ccc(OC/C(=C/F)CC)cc2s1. The third kappa shape index (κ3) is 3.79. The Balaban J connectivity index is 2.08. The van der Waals surface area contributed by atoms with Gasteiger partial charge in [0, 0.05) is 0 Å². The van der Waals surface area contributed by atoms with Gasteiger partial charge in [-0.05, 0) is 43.0 Å². The molecular weight excluding hydrogens is 273 g/mol. The first kappa shape index (κ1) is 15.0. The first-order valence-corrected chi connectivity index (χ1v) is 7.88. The number of ether oxygens (including phenoxy) is 1. The Bertz CT molecular complexity index is 591. The van der Waals surface area contributed by atoms with Crippen LogP contribution < -0.4 is 4.74 Å². The summed E-state index contributed by atoms with van der Waals surface area (Å²) in [6.07, 6.45) is 4.69. The molecule has 0 saturated heterocycles. The van der Waals surface area contributed by atoms with Crippen LogP contribution in [0.15, 0.2) is 30.1 Å². The van der Waals surface area contributed by atoms with Crippen molar-refractivity contribution in [2.45, 2.75) is 39.5 Å². The van der Waals surface area contributed by atoms with Crippen molar-refractivity contribution in [2.75, 3.05) is 6.61 Å². The highest BCUT2D eigenvalue weighted by molar-refractivity contribution is 7.18. The van der Waals surface area contributed by atoms with Crippen molar-refractivity contribution >= 4 is 21.6 Å². The predicted octanol–water partition coefficient (Wildman–Crippen LogP) is 5.28. The Morgan fingerprint density at radius 1 is 1.40 bits per heavy atom. The first-order valence-electron chi connectivity index (χ1n) is 7.07. The van der Waals surface area contributed by atoms with Crippen LogP contribution in [0.5, 0.6) is 5.75 Å². The Labute approximate surface area is 123 Å². The summed E-state index contributed by atoms with van der Waals surface area (Å²) in [4.78, 5) is 4.61. The van der Waals surface area contributed by atoms with Crippen LogP contribution in [0.1, 0.15) is 38.1 Å². The maximum atomic E-state index is 12.5. The average Bonchev–Trinajstić information content (AvgIpc) is 2.88. The van der Waals surface area contributed by atoms with E-state index in [-0.39, 0.29) is 0 Å². The molecule has 0 aliphatic carbocycles. The van der Waals surface area contributed by atoms with Crippen molar-refractivity contribution < 1.29 is 9.13 Å². The van der Waals surface area contributed by atoms with E-state index in [1.165, 1.54) is 17.8 Å². The summed E-state index contributed by atoms with van der Waals surface area (Å²) in [5, 5.41) is 1.18. The van der Waals surface area contributed by atoms with E-state index in [9.17, 15) is 4.39 Å². The van der Waals surface area contributed by atoms with Gasteiger partial charge in [-0.25, -0.2) is 9.37 Å². The number of hydrogen-bond acceptors (Lipinski definition) is 3. The summed E-state index contributed by atoms with van der Waals surface area (Å²) >= 11 is 1.72. The maximum Gasteiger partial charge on any atom is 0.121 e. The van der Waals surface area contributed by atoms with E-state index in [4.69, 9.17) is 4.74 Å². The summed E-state index contributed by atoms with van der Waals surface area (Å²) in [7, 11) is 0. The summed E-state index contributed by atoms with van der Waals surface area (Å²) in [5.41, 5.74) is 1.68. The molecule has 0 amide bonds. The van der Waals surface area contributed by atoms with E-state index in [0.29, 0.717) is 24.9 Å². The molecule has 2 nitrogen and oxygen atoms in total. The zero-order valence-electron chi connectivity index (χ0n) is 12.0. The van der Waals surface area contributed by atoms with Crippen LogP contribution in [0.3, 0.4) is 0 Å². The average molecular weight is 293 g/mol. The number of hydrogen-bond donors (Lipinski definition) is 0. The normalized spacial score (nSPS) is 12.1. The van der Waals surface area contributed by atoms with Crippen molar-refractivity contribution in [3.8, 4) is 5.75 Å². The quantitative estimate of drug-likeness (QED) is 0.692. The van der Waals surface area contributed by atoms with Gasteiger partial charge in [0.05, 0.1) is 21.6 Å².